The fourth-order valence-electron chi connectivity index (χ4n) is 7.84. The number of nitrogens with zero attached hydrogens (tertiary/aromatic N) is 2. The van der Waals surface area contributed by atoms with Gasteiger partial charge in [0.15, 0.2) is 0 Å². The fourth-order valence-corrected chi connectivity index (χ4v) is 7.84. The molecule has 0 unspecified atom stereocenters. The SMILES string of the molecule is Cc1cc2c(cc1C)[C@@H]1CC(NC(=O)OC(C)(C)C)=C(C(N)=O)CN1CC2.Cc1cc2c(cc1C)[C@@H]1C[C@H](NC(=O)OC(C)(C)C)[C@@H](N)CN1CC2. The van der Waals surface area contributed by atoms with Crippen molar-refractivity contribution in [3.63, 3.8) is 0 Å². The van der Waals surface area contributed by atoms with Crippen molar-refractivity contribution in [2.24, 2.45) is 11.5 Å². The van der Waals surface area contributed by atoms with Crippen molar-refractivity contribution in [2.75, 3.05) is 26.2 Å². The Kier molecular flexibility index (Phi) is 11.5. The number of carbonyl (C=O) groups is 3. The number of alkyl carbamates (subject to hydrolysis) is 2. The van der Waals surface area contributed by atoms with E-state index in [0.717, 1.165) is 38.9 Å². The van der Waals surface area contributed by atoms with E-state index in [1.807, 2.05) is 20.8 Å². The molecule has 0 spiro atoms. The van der Waals surface area contributed by atoms with Gasteiger partial charge in [-0.05, 0) is 133 Å². The summed E-state index contributed by atoms with van der Waals surface area (Å²) in [6.45, 7) is 22.8. The van der Waals surface area contributed by atoms with E-state index in [1.165, 1.54) is 44.5 Å². The van der Waals surface area contributed by atoms with Gasteiger partial charge in [0.25, 0.3) is 0 Å². The zero-order valence-corrected chi connectivity index (χ0v) is 32.9. The Labute approximate surface area is 309 Å². The van der Waals surface area contributed by atoms with Gasteiger partial charge in [-0.25, -0.2) is 9.59 Å². The predicted molar refractivity (Wildman–Crippen MR) is 204 cm³/mol. The van der Waals surface area contributed by atoms with Crippen LogP contribution >= 0.6 is 0 Å². The number of piperidine rings is 1. The van der Waals surface area contributed by atoms with Crippen molar-refractivity contribution < 1.29 is 23.9 Å². The van der Waals surface area contributed by atoms with Crippen molar-refractivity contribution in [1.82, 2.24) is 20.4 Å². The number of nitrogens with two attached hydrogens (primary N) is 2. The first kappa shape index (κ1) is 39.3. The Morgan fingerprint density at radius 2 is 1.25 bits per heavy atom. The second-order valence-electron chi connectivity index (χ2n) is 17.1. The van der Waals surface area contributed by atoms with E-state index in [9.17, 15) is 14.4 Å². The van der Waals surface area contributed by atoms with Crippen LogP contribution in [0.15, 0.2) is 35.5 Å². The quantitative estimate of drug-likeness (QED) is 0.316. The molecule has 11 nitrogen and oxygen atoms in total. The van der Waals surface area contributed by atoms with E-state index >= 15 is 0 Å². The molecule has 4 heterocycles. The topological polar surface area (TPSA) is 152 Å². The van der Waals surface area contributed by atoms with Crippen LogP contribution in [-0.4, -0.2) is 77.4 Å². The molecule has 4 aliphatic rings. The maximum atomic E-state index is 12.3. The van der Waals surface area contributed by atoms with Gasteiger partial charge >= 0.3 is 12.2 Å². The largest absolute Gasteiger partial charge is 0.444 e. The van der Waals surface area contributed by atoms with Gasteiger partial charge in [0.2, 0.25) is 5.91 Å². The average Bonchev–Trinajstić information content (AvgIpc) is 3.01. The van der Waals surface area contributed by atoms with Gasteiger partial charge in [-0.15, -0.1) is 0 Å². The van der Waals surface area contributed by atoms with Crippen molar-refractivity contribution in [1.29, 1.82) is 0 Å². The number of aryl methyl sites for hydroxylation is 4. The summed E-state index contributed by atoms with van der Waals surface area (Å²) in [7, 11) is 0. The Hall–Kier alpha value is -3.93. The Bertz CT molecular complexity index is 1740. The zero-order valence-electron chi connectivity index (χ0n) is 32.9. The summed E-state index contributed by atoms with van der Waals surface area (Å²) in [4.78, 5) is 41.2. The molecule has 0 radical (unpaired) electrons. The Morgan fingerprint density at radius 3 is 1.79 bits per heavy atom. The van der Waals surface area contributed by atoms with E-state index in [-0.39, 0.29) is 24.2 Å². The van der Waals surface area contributed by atoms with Gasteiger partial charge in [-0.3, -0.25) is 19.9 Å². The third-order valence-electron chi connectivity index (χ3n) is 10.7. The third-order valence-corrected chi connectivity index (χ3v) is 10.7. The average molecular weight is 717 g/mol. The standard InChI is InChI=1S/C21H29N3O3.C20H31N3O2/c1-12-8-14-6-7-24-11-16(19(22)25)17(23-20(26)27-21(3,4)5)10-18(24)15(14)9-13(12)2;1-12-8-14-6-7-23-11-16(21)17(22-19(24)25-20(3,4)5)10-18(23)15(14)9-13(12)2/h8-9,18H,6-7,10-11H2,1-5H3,(H2,22,25)(H,23,26);8-9,16-18H,6-7,10-11,21H2,1-5H3,(H,22,24)/t18-;16-,17-,18-/m00/s1. The highest BCUT2D eigenvalue weighted by Gasteiger charge is 2.39. The number of amides is 3. The predicted octanol–water partition coefficient (Wildman–Crippen LogP) is 5.70. The van der Waals surface area contributed by atoms with Crippen LogP contribution in [0, 0.1) is 27.7 Å². The van der Waals surface area contributed by atoms with Crippen LogP contribution in [-0.2, 0) is 27.1 Å². The maximum absolute atomic E-state index is 12.3. The minimum atomic E-state index is -0.607. The molecule has 1 saturated heterocycles. The van der Waals surface area contributed by atoms with Crippen molar-refractivity contribution in [3.8, 4) is 0 Å². The van der Waals surface area contributed by atoms with Gasteiger partial charge in [0.1, 0.15) is 11.2 Å². The molecule has 2 aromatic rings. The molecule has 11 heteroatoms. The van der Waals surface area contributed by atoms with E-state index in [2.05, 4.69) is 72.4 Å². The van der Waals surface area contributed by atoms with Gasteiger partial charge in [0, 0.05) is 56.4 Å². The maximum Gasteiger partial charge on any atom is 0.411 e. The number of primary amides is 1. The second kappa shape index (κ2) is 15.2. The first-order chi connectivity index (χ1) is 24.2. The minimum absolute atomic E-state index is 0.0661. The normalized spacial score (nSPS) is 23.1. The number of fused-ring (bicyclic) bond motifs is 6. The summed E-state index contributed by atoms with van der Waals surface area (Å²) in [5.41, 5.74) is 22.6. The van der Waals surface area contributed by atoms with Crippen molar-refractivity contribution in [2.45, 2.75) is 130 Å². The first-order valence-corrected chi connectivity index (χ1v) is 18.6. The summed E-state index contributed by atoms with van der Waals surface area (Å²) < 4.78 is 10.8. The number of ether oxygens (including phenoxy) is 2. The van der Waals surface area contributed by atoms with Gasteiger partial charge in [-0.1, -0.05) is 24.3 Å². The van der Waals surface area contributed by atoms with Crippen LogP contribution in [0.25, 0.3) is 0 Å². The summed E-state index contributed by atoms with van der Waals surface area (Å²) in [5.74, 6) is -0.495. The number of rotatable bonds is 3. The molecular formula is C41H60N6O5. The molecule has 2 aromatic carbocycles. The molecule has 4 aliphatic heterocycles. The van der Waals surface area contributed by atoms with E-state index in [0.29, 0.717) is 30.3 Å². The Balaban J connectivity index is 0.000000202. The molecule has 0 saturated carbocycles. The van der Waals surface area contributed by atoms with E-state index in [4.69, 9.17) is 20.9 Å². The van der Waals surface area contributed by atoms with Crippen molar-refractivity contribution >= 4 is 18.1 Å². The molecule has 0 bridgehead atoms. The summed E-state index contributed by atoms with van der Waals surface area (Å²) >= 11 is 0. The Morgan fingerprint density at radius 1 is 0.750 bits per heavy atom. The summed E-state index contributed by atoms with van der Waals surface area (Å²) in [6.07, 6.45) is 2.46. The highest BCUT2D eigenvalue weighted by molar-refractivity contribution is 5.94. The number of hydrogen-bond donors (Lipinski definition) is 4. The van der Waals surface area contributed by atoms with Crippen LogP contribution in [0.1, 0.15) is 111 Å². The summed E-state index contributed by atoms with van der Waals surface area (Å²) in [6, 6.07) is 9.46. The van der Waals surface area contributed by atoms with Crippen LogP contribution in [0.3, 0.4) is 0 Å². The van der Waals surface area contributed by atoms with Crippen LogP contribution in [0.4, 0.5) is 9.59 Å². The monoisotopic (exact) mass is 716 g/mol. The van der Waals surface area contributed by atoms with E-state index < -0.39 is 23.2 Å². The molecule has 284 valence electrons. The molecule has 6 rings (SSSR count). The molecular weight excluding hydrogens is 656 g/mol. The molecule has 52 heavy (non-hydrogen) atoms. The number of nitrogens with one attached hydrogen (secondary N) is 2. The van der Waals surface area contributed by atoms with Crippen molar-refractivity contribution in [3.05, 3.63) is 80.0 Å². The molecule has 1 fully saturated rings. The van der Waals surface area contributed by atoms with Crippen LogP contribution in [0.2, 0.25) is 0 Å². The van der Waals surface area contributed by atoms with E-state index in [1.54, 1.807) is 20.8 Å². The molecule has 0 aromatic heterocycles. The lowest BCUT2D eigenvalue weighted by Crippen LogP contribution is -2.60. The fraction of sp³-hybridized carbons (Fsp3) is 0.585. The highest BCUT2D eigenvalue weighted by Crippen LogP contribution is 2.40. The number of hydrogen-bond acceptors (Lipinski definition) is 8. The lowest BCUT2D eigenvalue weighted by molar-refractivity contribution is -0.115. The van der Waals surface area contributed by atoms with Gasteiger partial charge < -0.3 is 26.3 Å². The molecule has 0 aliphatic carbocycles. The molecule has 4 atom stereocenters. The summed E-state index contributed by atoms with van der Waals surface area (Å²) in [5, 5.41) is 5.79. The number of benzene rings is 2. The van der Waals surface area contributed by atoms with Gasteiger partial charge in [-0.2, -0.15) is 0 Å². The molecule has 3 amide bonds. The van der Waals surface area contributed by atoms with Crippen LogP contribution < -0.4 is 22.1 Å². The third kappa shape index (κ3) is 9.35. The lowest BCUT2D eigenvalue weighted by Gasteiger charge is -2.46. The van der Waals surface area contributed by atoms with Crippen LogP contribution in [0.5, 0.6) is 0 Å². The second-order valence-corrected chi connectivity index (χ2v) is 17.1. The highest BCUT2D eigenvalue weighted by atomic mass is 16.6. The first-order valence-electron chi connectivity index (χ1n) is 18.6. The lowest BCUT2D eigenvalue weighted by atomic mass is 9.82. The zero-order chi connectivity index (χ0) is 38.3. The minimum Gasteiger partial charge on any atom is -0.444 e. The number of carbonyl (C=O) groups excluding carboxylic acids is 3. The van der Waals surface area contributed by atoms with Gasteiger partial charge in [0.05, 0.1) is 11.6 Å². The smallest absolute Gasteiger partial charge is 0.411 e. The molecule has 6 N–H and O–H groups in total.